The molecule has 8 aromatic rings. The topological polar surface area (TPSA) is 29.5 Å². The maximum Gasteiger partial charge on any atom is 0.143 e. The van der Waals surface area contributed by atoms with Crippen molar-refractivity contribution in [1.82, 2.24) is 0 Å². The van der Waals surface area contributed by atoms with Crippen LogP contribution in [-0.2, 0) is 0 Å². The van der Waals surface area contributed by atoms with E-state index in [1.807, 2.05) is 30.3 Å². The number of hydrogen-bond acceptors (Lipinski definition) is 3. The van der Waals surface area contributed by atoms with Gasteiger partial charge < -0.3 is 13.7 Å². The standard InChI is InChI=1S/C36H23NO2/c1-4-12-24(13-5-1)29-22-27(37(25-14-6-2-7-15-25)26-16-8-3-9-17-26)23-30-35-33(39-36(29)30)21-20-32-34(35)28-18-10-11-19-31(28)38-32/h1-23H. The molecule has 0 saturated heterocycles. The molecule has 0 aliphatic heterocycles. The summed E-state index contributed by atoms with van der Waals surface area (Å²) in [5.74, 6) is 0. The molecule has 0 fully saturated rings. The van der Waals surface area contributed by atoms with Gasteiger partial charge in [0, 0.05) is 44.2 Å². The second-order valence-electron chi connectivity index (χ2n) is 9.75. The zero-order chi connectivity index (χ0) is 25.8. The lowest BCUT2D eigenvalue weighted by Gasteiger charge is -2.26. The van der Waals surface area contributed by atoms with Gasteiger partial charge in [-0.2, -0.15) is 0 Å². The largest absolute Gasteiger partial charge is 0.456 e. The van der Waals surface area contributed by atoms with Gasteiger partial charge in [0.2, 0.25) is 0 Å². The fraction of sp³-hybridized carbons (Fsp3) is 0. The zero-order valence-corrected chi connectivity index (χ0v) is 21.0. The molecule has 2 heterocycles. The van der Waals surface area contributed by atoms with E-state index in [1.54, 1.807) is 0 Å². The Labute approximate surface area is 225 Å². The molecule has 184 valence electrons. The predicted octanol–water partition coefficient (Wildman–Crippen LogP) is 10.6. The van der Waals surface area contributed by atoms with Crippen molar-refractivity contribution in [2.75, 3.05) is 4.90 Å². The van der Waals surface area contributed by atoms with Crippen LogP contribution in [0.3, 0.4) is 0 Å². The molecule has 8 rings (SSSR count). The van der Waals surface area contributed by atoms with E-state index >= 15 is 0 Å². The van der Waals surface area contributed by atoms with Crippen molar-refractivity contribution in [2.24, 2.45) is 0 Å². The summed E-state index contributed by atoms with van der Waals surface area (Å²) in [4.78, 5) is 2.30. The van der Waals surface area contributed by atoms with Gasteiger partial charge >= 0.3 is 0 Å². The van der Waals surface area contributed by atoms with Crippen molar-refractivity contribution in [3.8, 4) is 11.1 Å². The first kappa shape index (κ1) is 21.8. The van der Waals surface area contributed by atoms with E-state index in [-0.39, 0.29) is 0 Å². The molecule has 0 aliphatic rings. The maximum atomic E-state index is 6.65. The fourth-order valence-corrected chi connectivity index (χ4v) is 5.73. The Bertz CT molecular complexity index is 2070. The number of furan rings is 2. The van der Waals surface area contributed by atoms with Gasteiger partial charge in [-0.25, -0.2) is 0 Å². The Morgan fingerprint density at radius 3 is 1.67 bits per heavy atom. The monoisotopic (exact) mass is 501 g/mol. The van der Waals surface area contributed by atoms with Crippen LogP contribution in [0.4, 0.5) is 17.1 Å². The molecule has 0 bridgehead atoms. The molecule has 0 N–H and O–H groups in total. The molecular formula is C36H23NO2. The third-order valence-corrected chi connectivity index (χ3v) is 7.43. The van der Waals surface area contributed by atoms with E-state index in [9.17, 15) is 0 Å². The molecule has 3 nitrogen and oxygen atoms in total. The summed E-state index contributed by atoms with van der Waals surface area (Å²) in [5.41, 5.74) is 8.87. The number of anilines is 3. The van der Waals surface area contributed by atoms with Crippen molar-refractivity contribution in [2.45, 2.75) is 0 Å². The van der Waals surface area contributed by atoms with E-state index in [0.717, 1.165) is 72.1 Å². The smallest absolute Gasteiger partial charge is 0.143 e. The summed E-state index contributed by atoms with van der Waals surface area (Å²) in [6.07, 6.45) is 0. The molecule has 0 saturated carbocycles. The SMILES string of the molecule is c1ccc(-c2cc(N(c3ccccc3)c3ccccc3)cc3c2oc2ccc4oc5ccccc5c4c23)cc1. The fourth-order valence-electron chi connectivity index (χ4n) is 5.73. The van der Waals surface area contributed by atoms with Gasteiger partial charge in [0.15, 0.2) is 0 Å². The molecule has 2 aromatic heterocycles. The molecule has 0 aliphatic carbocycles. The number of fused-ring (bicyclic) bond motifs is 7. The molecule has 0 radical (unpaired) electrons. The highest BCUT2D eigenvalue weighted by Crippen LogP contribution is 2.46. The summed E-state index contributed by atoms with van der Waals surface area (Å²) >= 11 is 0. The Morgan fingerprint density at radius 1 is 0.410 bits per heavy atom. The molecule has 0 unspecified atom stereocenters. The lowest BCUT2D eigenvalue weighted by atomic mass is 9.99. The van der Waals surface area contributed by atoms with E-state index in [4.69, 9.17) is 8.83 Å². The molecule has 39 heavy (non-hydrogen) atoms. The zero-order valence-electron chi connectivity index (χ0n) is 21.0. The van der Waals surface area contributed by atoms with Crippen molar-refractivity contribution >= 4 is 60.9 Å². The highest BCUT2D eigenvalue weighted by atomic mass is 16.3. The van der Waals surface area contributed by atoms with Crippen LogP contribution in [-0.4, -0.2) is 0 Å². The van der Waals surface area contributed by atoms with Crippen molar-refractivity contribution in [3.63, 3.8) is 0 Å². The lowest BCUT2D eigenvalue weighted by Crippen LogP contribution is -2.09. The van der Waals surface area contributed by atoms with Gasteiger partial charge in [0.25, 0.3) is 0 Å². The highest BCUT2D eigenvalue weighted by molar-refractivity contribution is 6.27. The van der Waals surface area contributed by atoms with Gasteiger partial charge in [-0.1, -0.05) is 84.9 Å². The first-order chi connectivity index (χ1) is 19.3. The summed E-state index contributed by atoms with van der Waals surface area (Å²) in [6, 6.07) is 48.3. The minimum atomic E-state index is 0.851. The number of benzene rings is 6. The molecule has 0 amide bonds. The van der Waals surface area contributed by atoms with Crippen LogP contribution in [0.15, 0.2) is 148 Å². The Kier molecular flexibility index (Phi) is 4.82. The first-order valence-corrected chi connectivity index (χ1v) is 13.1. The van der Waals surface area contributed by atoms with Gasteiger partial charge in [-0.05, 0) is 60.2 Å². The minimum absolute atomic E-state index is 0.851. The third kappa shape index (κ3) is 3.44. The van der Waals surface area contributed by atoms with Crippen molar-refractivity contribution in [1.29, 1.82) is 0 Å². The number of nitrogens with zero attached hydrogens (tertiary/aromatic N) is 1. The van der Waals surface area contributed by atoms with Crippen LogP contribution in [0.2, 0.25) is 0 Å². The summed E-state index contributed by atoms with van der Waals surface area (Å²) in [6.45, 7) is 0. The predicted molar refractivity (Wildman–Crippen MR) is 161 cm³/mol. The molecule has 3 heteroatoms. The Morgan fingerprint density at radius 2 is 0.974 bits per heavy atom. The Balaban J connectivity index is 1.52. The van der Waals surface area contributed by atoms with Crippen LogP contribution in [0, 0.1) is 0 Å². The molecule has 0 spiro atoms. The average molecular weight is 502 g/mol. The van der Waals surface area contributed by atoms with E-state index < -0.39 is 0 Å². The summed E-state index contributed by atoms with van der Waals surface area (Å²) in [5, 5.41) is 4.32. The van der Waals surface area contributed by atoms with E-state index in [1.165, 1.54) is 0 Å². The second-order valence-corrected chi connectivity index (χ2v) is 9.75. The van der Waals surface area contributed by atoms with Crippen molar-refractivity contribution < 1.29 is 8.83 Å². The van der Waals surface area contributed by atoms with Crippen LogP contribution < -0.4 is 4.90 Å². The van der Waals surface area contributed by atoms with Crippen LogP contribution in [0.25, 0.3) is 55.0 Å². The van der Waals surface area contributed by atoms with Gasteiger partial charge in [0.1, 0.15) is 22.3 Å². The van der Waals surface area contributed by atoms with Crippen LogP contribution in [0.1, 0.15) is 0 Å². The van der Waals surface area contributed by atoms with E-state index in [0.29, 0.717) is 0 Å². The summed E-state index contributed by atoms with van der Waals surface area (Å²) < 4.78 is 12.9. The average Bonchev–Trinajstić information content (AvgIpc) is 3.57. The number of rotatable bonds is 4. The third-order valence-electron chi connectivity index (χ3n) is 7.43. The van der Waals surface area contributed by atoms with Gasteiger partial charge in [-0.3, -0.25) is 0 Å². The second kappa shape index (κ2) is 8.64. The molecule has 0 atom stereocenters. The van der Waals surface area contributed by atoms with Crippen LogP contribution in [0.5, 0.6) is 0 Å². The van der Waals surface area contributed by atoms with Gasteiger partial charge in [-0.15, -0.1) is 0 Å². The number of para-hydroxylation sites is 3. The molecular weight excluding hydrogens is 478 g/mol. The minimum Gasteiger partial charge on any atom is -0.456 e. The van der Waals surface area contributed by atoms with Crippen molar-refractivity contribution in [3.05, 3.63) is 140 Å². The number of hydrogen-bond donors (Lipinski definition) is 0. The Hall–Kier alpha value is -5.28. The molecule has 6 aromatic carbocycles. The maximum absolute atomic E-state index is 6.65. The lowest BCUT2D eigenvalue weighted by molar-refractivity contribution is 0.663. The normalized spacial score (nSPS) is 11.6. The van der Waals surface area contributed by atoms with Crippen LogP contribution >= 0.6 is 0 Å². The quantitative estimate of drug-likeness (QED) is 0.240. The summed E-state index contributed by atoms with van der Waals surface area (Å²) in [7, 11) is 0. The van der Waals surface area contributed by atoms with Gasteiger partial charge in [0.05, 0.1) is 0 Å². The highest BCUT2D eigenvalue weighted by Gasteiger charge is 2.22. The first-order valence-electron chi connectivity index (χ1n) is 13.1. The van der Waals surface area contributed by atoms with E-state index in [2.05, 4.69) is 114 Å².